The third kappa shape index (κ3) is 2.31. The lowest BCUT2D eigenvalue weighted by atomic mass is 10.1. The van der Waals surface area contributed by atoms with E-state index in [-0.39, 0.29) is 6.03 Å². The van der Waals surface area contributed by atoms with Crippen molar-refractivity contribution in [2.45, 2.75) is 0 Å². The number of amides is 2. The maximum absolute atomic E-state index is 11.5. The van der Waals surface area contributed by atoms with Crippen LogP contribution in [0.5, 0.6) is 0 Å². The Balaban J connectivity index is 3.13. The second-order valence-electron chi connectivity index (χ2n) is 3.12. The molecular formula is C11H14N2O3. The number of methoxy groups -OCH3 is 1. The zero-order valence-electron chi connectivity index (χ0n) is 9.48. The second kappa shape index (κ2) is 5.16. The fourth-order valence-electron chi connectivity index (χ4n) is 1.33. The molecule has 0 saturated heterocycles. The van der Waals surface area contributed by atoms with E-state index in [2.05, 4.69) is 10.1 Å². The summed E-state index contributed by atoms with van der Waals surface area (Å²) in [6.07, 6.45) is 0. The van der Waals surface area contributed by atoms with Crippen molar-refractivity contribution in [2.24, 2.45) is 0 Å². The van der Waals surface area contributed by atoms with Gasteiger partial charge in [0.1, 0.15) is 0 Å². The predicted molar refractivity (Wildman–Crippen MR) is 60.6 cm³/mol. The van der Waals surface area contributed by atoms with Gasteiger partial charge in [0.15, 0.2) is 0 Å². The summed E-state index contributed by atoms with van der Waals surface area (Å²) in [5.74, 6) is -0.466. The quantitative estimate of drug-likeness (QED) is 0.766. The molecule has 0 atom stereocenters. The Labute approximate surface area is 94.0 Å². The number of hydrogen-bond acceptors (Lipinski definition) is 3. The molecule has 1 aromatic rings. The van der Waals surface area contributed by atoms with Gasteiger partial charge in [-0.15, -0.1) is 0 Å². The van der Waals surface area contributed by atoms with Crippen molar-refractivity contribution in [2.75, 3.05) is 26.1 Å². The predicted octanol–water partition coefficient (Wildman–Crippen LogP) is 1.25. The highest BCUT2D eigenvalue weighted by molar-refractivity contribution is 6.01. The molecule has 5 nitrogen and oxygen atoms in total. The van der Waals surface area contributed by atoms with E-state index in [4.69, 9.17) is 0 Å². The third-order valence-corrected chi connectivity index (χ3v) is 2.19. The molecule has 1 N–H and O–H groups in total. The molecule has 0 aliphatic rings. The van der Waals surface area contributed by atoms with Crippen LogP contribution < -0.4 is 10.2 Å². The first kappa shape index (κ1) is 12.0. The highest BCUT2D eigenvalue weighted by atomic mass is 16.5. The van der Waals surface area contributed by atoms with Gasteiger partial charge in [-0.25, -0.2) is 9.59 Å². The third-order valence-electron chi connectivity index (χ3n) is 2.19. The second-order valence-corrected chi connectivity index (χ2v) is 3.12. The molecule has 0 radical (unpaired) electrons. The molecule has 1 rings (SSSR count). The minimum absolute atomic E-state index is 0.295. The number of esters is 1. The van der Waals surface area contributed by atoms with Crippen LogP contribution in [0.15, 0.2) is 24.3 Å². The van der Waals surface area contributed by atoms with E-state index >= 15 is 0 Å². The minimum atomic E-state index is -0.466. The first-order chi connectivity index (χ1) is 7.61. The number of para-hydroxylation sites is 1. The van der Waals surface area contributed by atoms with Gasteiger partial charge in [0.2, 0.25) is 0 Å². The standard InChI is InChI=1S/C11H14N2O3/c1-12-11(15)13(2)9-7-5-4-6-8(9)10(14)16-3/h4-7H,1-3H3,(H,12,15). The lowest BCUT2D eigenvalue weighted by Gasteiger charge is -2.18. The van der Waals surface area contributed by atoms with Crippen molar-refractivity contribution in [3.63, 3.8) is 0 Å². The van der Waals surface area contributed by atoms with Crippen molar-refractivity contribution < 1.29 is 14.3 Å². The molecule has 5 heteroatoms. The van der Waals surface area contributed by atoms with Crippen molar-refractivity contribution in [1.29, 1.82) is 0 Å². The first-order valence-corrected chi connectivity index (χ1v) is 4.74. The Morgan fingerprint density at radius 3 is 2.50 bits per heavy atom. The van der Waals surface area contributed by atoms with Crippen molar-refractivity contribution in [1.82, 2.24) is 5.32 Å². The molecule has 0 unspecified atom stereocenters. The topological polar surface area (TPSA) is 58.6 Å². The number of carbonyl (C=O) groups is 2. The van der Waals surface area contributed by atoms with Crippen molar-refractivity contribution >= 4 is 17.7 Å². The summed E-state index contributed by atoms with van der Waals surface area (Å²) in [7, 11) is 4.42. The fraction of sp³-hybridized carbons (Fsp3) is 0.273. The summed E-state index contributed by atoms with van der Waals surface area (Å²) in [6.45, 7) is 0. The molecule has 0 aliphatic carbocycles. The summed E-state index contributed by atoms with van der Waals surface area (Å²) in [5, 5.41) is 2.48. The number of urea groups is 1. The van der Waals surface area contributed by atoms with Crippen LogP contribution in [0.25, 0.3) is 0 Å². The average Bonchev–Trinajstić information content (AvgIpc) is 2.35. The van der Waals surface area contributed by atoms with Gasteiger partial charge in [-0.2, -0.15) is 0 Å². The molecule has 0 aromatic heterocycles. The number of ether oxygens (including phenoxy) is 1. The van der Waals surface area contributed by atoms with Crippen molar-refractivity contribution in [3.05, 3.63) is 29.8 Å². The molecule has 0 fully saturated rings. The van der Waals surface area contributed by atoms with Gasteiger partial charge in [0.05, 0.1) is 18.4 Å². The molecule has 2 amide bonds. The number of rotatable bonds is 2. The Kier molecular flexibility index (Phi) is 3.88. The Bertz CT molecular complexity index is 404. The van der Waals surface area contributed by atoms with Crippen LogP contribution in [0.2, 0.25) is 0 Å². The first-order valence-electron chi connectivity index (χ1n) is 4.74. The normalized spacial score (nSPS) is 9.44. The van der Waals surface area contributed by atoms with Gasteiger partial charge in [0, 0.05) is 14.1 Å². The smallest absolute Gasteiger partial charge is 0.339 e. The van der Waals surface area contributed by atoms with Crippen molar-refractivity contribution in [3.8, 4) is 0 Å². The molecule has 16 heavy (non-hydrogen) atoms. The number of nitrogens with one attached hydrogen (secondary N) is 1. The highest BCUT2D eigenvalue weighted by Crippen LogP contribution is 2.19. The summed E-state index contributed by atoms with van der Waals surface area (Å²) in [6, 6.07) is 6.47. The van der Waals surface area contributed by atoms with Gasteiger partial charge in [0.25, 0.3) is 0 Å². The number of carbonyl (C=O) groups excluding carboxylic acids is 2. The van der Waals surface area contributed by atoms with Gasteiger partial charge in [-0.1, -0.05) is 12.1 Å². The Hall–Kier alpha value is -2.04. The van der Waals surface area contributed by atoms with Crippen LogP contribution in [0.4, 0.5) is 10.5 Å². The monoisotopic (exact) mass is 222 g/mol. The number of nitrogens with zero attached hydrogens (tertiary/aromatic N) is 1. The van der Waals surface area contributed by atoms with Gasteiger partial charge < -0.3 is 10.1 Å². The number of hydrogen-bond donors (Lipinski definition) is 1. The van der Waals surface area contributed by atoms with Crippen LogP contribution in [-0.2, 0) is 4.74 Å². The van der Waals surface area contributed by atoms with E-state index in [1.807, 2.05) is 0 Å². The Morgan fingerprint density at radius 1 is 1.31 bits per heavy atom. The summed E-state index contributed by atoms with van der Waals surface area (Å²) in [5.41, 5.74) is 0.866. The van der Waals surface area contributed by atoms with E-state index < -0.39 is 5.97 Å². The number of benzene rings is 1. The van der Waals surface area contributed by atoms with Crippen LogP contribution in [-0.4, -0.2) is 33.2 Å². The molecule has 0 bridgehead atoms. The van der Waals surface area contributed by atoms with Gasteiger partial charge in [-0.05, 0) is 12.1 Å². The van der Waals surface area contributed by atoms with E-state index in [0.29, 0.717) is 11.3 Å². The van der Waals surface area contributed by atoms with E-state index in [0.717, 1.165) is 0 Å². The zero-order valence-corrected chi connectivity index (χ0v) is 9.48. The summed E-state index contributed by atoms with van der Waals surface area (Å²) >= 11 is 0. The van der Waals surface area contributed by atoms with E-state index in [1.54, 1.807) is 31.3 Å². The van der Waals surface area contributed by atoms with Crippen LogP contribution in [0, 0.1) is 0 Å². The maximum Gasteiger partial charge on any atom is 0.339 e. The maximum atomic E-state index is 11.5. The zero-order chi connectivity index (χ0) is 12.1. The summed E-state index contributed by atoms with van der Waals surface area (Å²) < 4.78 is 4.64. The molecule has 1 aromatic carbocycles. The van der Waals surface area contributed by atoms with E-state index in [9.17, 15) is 9.59 Å². The van der Waals surface area contributed by atoms with Crippen LogP contribution >= 0.6 is 0 Å². The molecule has 0 heterocycles. The fourth-order valence-corrected chi connectivity index (χ4v) is 1.33. The largest absolute Gasteiger partial charge is 0.465 e. The van der Waals surface area contributed by atoms with Gasteiger partial charge >= 0.3 is 12.0 Å². The molecule has 0 spiro atoms. The van der Waals surface area contributed by atoms with Crippen LogP contribution in [0.3, 0.4) is 0 Å². The van der Waals surface area contributed by atoms with E-state index in [1.165, 1.54) is 19.1 Å². The molecular weight excluding hydrogens is 208 g/mol. The summed E-state index contributed by atoms with van der Waals surface area (Å²) in [4.78, 5) is 24.3. The van der Waals surface area contributed by atoms with Gasteiger partial charge in [-0.3, -0.25) is 4.90 Å². The van der Waals surface area contributed by atoms with Crippen LogP contribution in [0.1, 0.15) is 10.4 Å². The molecule has 0 saturated carbocycles. The SMILES string of the molecule is CNC(=O)N(C)c1ccccc1C(=O)OC. The number of anilines is 1. The lowest BCUT2D eigenvalue weighted by Crippen LogP contribution is -2.35. The highest BCUT2D eigenvalue weighted by Gasteiger charge is 2.17. The molecule has 0 aliphatic heterocycles. The Morgan fingerprint density at radius 2 is 1.94 bits per heavy atom. The molecule has 86 valence electrons. The minimum Gasteiger partial charge on any atom is -0.465 e. The lowest BCUT2D eigenvalue weighted by molar-refractivity contribution is 0.0601. The average molecular weight is 222 g/mol.